The van der Waals surface area contributed by atoms with Crippen molar-refractivity contribution in [3.8, 4) is 0 Å². The first-order chi connectivity index (χ1) is 14.8. The monoisotopic (exact) mass is 444 g/mol. The number of allylic oxidation sites excluding steroid dienone is 12. The predicted molar refractivity (Wildman–Crippen MR) is 137 cm³/mol. The third-order valence-electron chi connectivity index (χ3n) is 5.12. The van der Waals surface area contributed by atoms with E-state index in [9.17, 15) is 13.2 Å². The molecule has 176 valence electrons. The molecular formula is C29H39F3. The van der Waals surface area contributed by atoms with E-state index in [1.165, 1.54) is 25.2 Å². The van der Waals surface area contributed by atoms with Crippen LogP contribution in [0.25, 0.3) is 0 Å². The molecule has 0 bridgehead atoms. The summed E-state index contributed by atoms with van der Waals surface area (Å²) >= 11 is 0. The van der Waals surface area contributed by atoms with E-state index in [1.54, 1.807) is 0 Å². The molecule has 0 fully saturated rings. The van der Waals surface area contributed by atoms with Gasteiger partial charge in [-0.25, -0.2) is 13.2 Å². The zero-order chi connectivity index (χ0) is 25.6. The van der Waals surface area contributed by atoms with Gasteiger partial charge in [-0.15, -0.1) is 13.2 Å². The highest BCUT2D eigenvalue weighted by Gasteiger charge is 2.13. The highest BCUT2D eigenvalue weighted by atomic mass is 19.2. The highest BCUT2D eigenvalue weighted by Crippen LogP contribution is 2.28. The van der Waals surface area contributed by atoms with Gasteiger partial charge in [0.05, 0.1) is 0 Å². The fraction of sp³-hybridized carbons (Fsp3) is 0.310. The van der Waals surface area contributed by atoms with E-state index in [1.807, 2.05) is 6.92 Å². The quantitative estimate of drug-likeness (QED) is 0.196. The van der Waals surface area contributed by atoms with Crippen molar-refractivity contribution in [2.45, 2.75) is 47.0 Å². The van der Waals surface area contributed by atoms with Crippen LogP contribution < -0.4 is 0 Å². The molecule has 0 aliphatic carbocycles. The molecular weight excluding hydrogens is 405 g/mol. The second kappa shape index (κ2) is 15.9. The summed E-state index contributed by atoms with van der Waals surface area (Å²) < 4.78 is 42.2. The Labute approximate surface area is 194 Å². The minimum absolute atomic E-state index is 0.0472. The molecule has 0 aromatic carbocycles. The lowest BCUT2D eigenvalue weighted by Crippen LogP contribution is -2.01. The summed E-state index contributed by atoms with van der Waals surface area (Å²) in [6.07, 6.45) is 7.31. The maximum atomic E-state index is 14.6. The molecule has 0 spiro atoms. The van der Waals surface area contributed by atoms with Gasteiger partial charge in [-0.05, 0) is 53.5 Å². The molecule has 0 N–H and O–H groups in total. The lowest BCUT2D eigenvalue weighted by Gasteiger charge is -2.15. The van der Waals surface area contributed by atoms with Gasteiger partial charge in [0.2, 0.25) is 0 Å². The molecule has 0 radical (unpaired) electrons. The van der Waals surface area contributed by atoms with Crippen LogP contribution in [0.2, 0.25) is 0 Å². The van der Waals surface area contributed by atoms with Crippen LogP contribution >= 0.6 is 0 Å². The van der Waals surface area contributed by atoms with Gasteiger partial charge in [-0.3, -0.25) is 0 Å². The Morgan fingerprint density at radius 1 is 0.781 bits per heavy atom. The van der Waals surface area contributed by atoms with Crippen LogP contribution in [0.1, 0.15) is 47.0 Å². The summed E-state index contributed by atoms with van der Waals surface area (Å²) in [6, 6.07) is 0. The van der Waals surface area contributed by atoms with Crippen molar-refractivity contribution in [3.63, 3.8) is 0 Å². The average Bonchev–Trinajstić information content (AvgIpc) is 2.79. The largest absolute Gasteiger partial charge is 0.206 e. The lowest BCUT2D eigenvalue weighted by molar-refractivity contribution is 0.453. The molecule has 0 amide bonds. The van der Waals surface area contributed by atoms with E-state index < -0.39 is 17.5 Å². The second-order valence-electron chi connectivity index (χ2n) is 7.81. The highest BCUT2D eigenvalue weighted by molar-refractivity contribution is 5.53. The average molecular weight is 445 g/mol. The summed E-state index contributed by atoms with van der Waals surface area (Å²) in [5, 5.41) is 0. The standard InChI is InChI=1S/C27H35F3.C2H4/c1-11-18(4)12-13-19(5)22(8)16-25(28)23(9)20(6)14-15-21(7)24(10)27(30)26(29)17(2)3;1-2/h14-16,18-19H,2,6-13H2,1,3-5H3;1-2H2/b15-14-,25-16+,27-26-;. The van der Waals surface area contributed by atoms with Crippen molar-refractivity contribution in [2.75, 3.05) is 0 Å². The number of hydrogen-bond acceptors (Lipinski definition) is 0. The maximum absolute atomic E-state index is 14.6. The van der Waals surface area contributed by atoms with E-state index >= 15 is 0 Å². The fourth-order valence-corrected chi connectivity index (χ4v) is 2.33. The number of halogens is 3. The van der Waals surface area contributed by atoms with Crippen LogP contribution in [0.5, 0.6) is 0 Å². The first kappa shape index (κ1) is 31.4. The van der Waals surface area contributed by atoms with Crippen molar-refractivity contribution in [1.29, 1.82) is 0 Å². The number of rotatable bonds is 13. The van der Waals surface area contributed by atoms with Gasteiger partial charge < -0.3 is 0 Å². The minimum Gasteiger partial charge on any atom is -0.206 e. The van der Waals surface area contributed by atoms with E-state index in [0.29, 0.717) is 11.5 Å². The Hall–Kier alpha value is -2.81. The van der Waals surface area contributed by atoms with Crippen LogP contribution in [0.15, 0.2) is 122 Å². The Morgan fingerprint density at radius 2 is 1.25 bits per heavy atom. The molecule has 0 rings (SSSR count). The van der Waals surface area contributed by atoms with Gasteiger partial charge in [0.15, 0.2) is 11.7 Å². The summed E-state index contributed by atoms with van der Waals surface area (Å²) in [6.45, 7) is 35.7. The van der Waals surface area contributed by atoms with Crippen LogP contribution in [0.4, 0.5) is 13.2 Å². The van der Waals surface area contributed by atoms with Gasteiger partial charge in [0, 0.05) is 11.1 Å². The molecule has 32 heavy (non-hydrogen) atoms. The molecule has 3 heteroatoms. The molecule has 0 saturated heterocycles. The second-order valence-corrected chi connectivity index (χ2v) is 7.81. The molecule has 2 atom stereocenters. The summed E-state index contributed by atoms with van der Waals surface area (Å²) in [4.78, 5) is 0. The van der Waals surface area contributed by atoms with E-state index in [-0.39, 0.29) is 33.8 Å². The van der Waals surface area contributed by atoms with E-state index in [4.69, 9.17) is 0 Å². The molecule has 0 saturated carbocycles. The number of hydrogen-bond donors (Lipinski definition) is 0. The predicted octanol–water partition coefficient (Wildman–Crippen LogP) is 10.2. The Kier molecular flexibility index (Phi) is 15.6. The maximum Gasteiger partial charge on any atom is 0.166 e. The molecule has 0 nitrogen and oxygen atoms in total. The fourth-order valence-electron chi connectivity index (χ4n) is 2.33. The molecule has 0 heterocycles. The third-order valence-corrected chi connectivity index (χ3v) is 5.12. The molecule has 0 aromatic rings. The molecule has 0 aromatic heterocycles. The van der Waals surface area contributed by atoms with E-state index in [2.05, 4.69) is 66.5 Å². The minimum atomic E-state index is -1.13. The Bertz CT molecular complexity index is 830. The summed E-state index contributed by atoms with van der Waals surface area (Å²) in [5.74, 6) is -1.96. The van der Waals surface area contributed by atoms with Gasteiger partial charge in [-0.1, -0.05) is 85.2 Å². The SMILES string of the molecule is C=C.C=C(/C=C\C(=C)C(=C)/C(F)=C\C(=C)C(C)CCC(C)CC)C(=C)/C(F)=C(/F)C(=C)C. The molecule has 0 aliphatic heterocycles. The van der Waals surface area contributed by atoms with Crippen LogP contribution in [0, 0.1) is 11.8 Å². The summed E-state index contributed by atoms with van der Waals surface area (Å²) in [7, 11) is 0. The third kappa shape index (κ3) is 11.0. The van der Waals surface area contributed by atoms with Crippen LogP contribution in [0.3, 0.4) is 0 Å². The Balaban J connectivity index is 0. The topological polar surface area (TPSA) is 0 Å². The van der Waals surface area contributed by atoms with Crippen LogP contribution in [-0.4, -0.2) is 0 Å². The van der Waals surface area contributed by atoms with Crippen molar-refractivity contribution < 1.29 is 13.2 Å². The first-order valence-electron chi connectivity index (χ1n) is 10.6. The van der Waals surface area contributed by atoms with Crippen molar-refractivity contribution >= 4 is 0 Å². The zero-order valence-corrected chi connectivity index (χ0v) is 20.3. The lowest BCUT2D eigenvalue weighted by atomic mass is 9.91. The van der Waals surface area contributed by atoms with Gasteiger partial charge >= 0.3 is 0 Å². The van der Waals surface area contributed by atoms with Crippen molar-refractivity contribution in [3.05, 3.63) is 122 Å². The molecule has 0 aliphatic rings. The summed E-state index contributed by atoms with van der Waals surface area (Å²) in [5.41, 5.74) is 0.921. The van der Waals surface area contributed by atoms with Gasteiger partial charge in [0.1, 0.15) is 5.83 Å². The normalized spacial score (nSPS) is 13.9. The van der Waals surface area contributed by atoms with Crippen molar-refractivity contribution in [2.24, 2.45) is 11.8 Å². The van der Waals surface area contributed by atoms with Gasteiger partial charge in [0.25, 0.3) is 0 Å². The smallest absolute Gasteiger partial charge is 0.166 e. The molecule has 2 unspecified atom stereocenters. The van der Waals surface area contributed by atoms with Crippen LogP contribution in [-0.2, 0) is 0 Å². The Morgan fingerprint density at radius 3 is 1.69 bits per heavy atom. The van der Waals surface area contributed by atoms with E-state index in [0.717, 1.165) is 19.3 Å². The van der Waals surface area contributed by atoms with Gasteiger partial charge in [-0.2, -0.15) is 0 Å². The van der Waals surface area contributed by atoms with Crippen molar-refractivity contribution in [1.82, 2.24) is 0 Å². The zero-order valence-electron chi connectivity index (χ0n) is 20.3. The first-order valence-corrected chi connectivity index (χ1v) is 10.6.